The molecule has 0 aromatic carbocycles. The first-order chi connectivity index (χ1) is 9.31. The van der Waals surface area contributed by atoms with Gasteiger partial charge in [0.05, 0.1) is 12.7 Å². The van der Waals surface area contributed by atoms with Gasteiger partial charge in [-0.2, -0.15) is 4.98 Å². The van der Waals surface area contributed by atoms with Gasteiger partial charge in [0.25, 0.3) is 0 Å². The lowest BCUT2D eigenvalue weighted by atomic mass is 10.3. The maximum atomic E-state index is 5.14. The van der Waals surface area contributed by atoms with Crippen LogP contribution in [0.25, 0.3) is 0 Å². The van der Waals surface area contributed by atoms with Crippen molar-refractivity contribution in [1.29, 1.82) is 0 Å². The topological polar surface area (TPSA) is 71.2 Å². The molecule has 3 heterocycles. The van der Waals surface area contributed by atoms with E-state index in [0.29, 0.717) is 11.7 Å². The first kappa shape index (κ1) is 12.0. The minimum atomic E-state index is 0.686. The predicted molar refractivity (Wildman–Crippen MR) is 68.6 cm³/mol. The number of aryl methyl sites for hydroxylation is 1. The summed E-state index contributed by atoms with van der Waals surface area (Å²) >= 11 is 0. The second-order valence-electron chi connectivity index (χ2n) is 4.56. The number of aromatic nitrogens is 4. The Morgan fingerprint density at radius 3 is 2.68 bits per heavy atom. The molecule has 0 bridgehead atoms. The highest BCUT2D eigenvalue weighted by Gasteiger charge is 2.19. The van der Waals surface area contributed by atoms with Crippen molar-refractivity contribution in [3.63, 3.8) is 0 Å². The van der Waals surface area contributed by atoms with Gasteiger partial charge in [-0.3, -0.25) is 9.88 Å². The van der Waals surface area contributed by atoms with Crippen molar-refractivity contribution in [2.24, 2.45) is 0 Å². The monoisotopic (exact) mass is 260 g/mol. The summed E-state index contributed by atoms with van der Waals surface area (Å²) in [5.74, 6) is 2.31. The number of hydrogen-bond donors (Lipinski definition) is 0. The standard InChI is InChI=1S/C12H16N6O/c1-10-15-12(19-16-10)9-17-4-6-18(7-5-17)11-8-13-2-3-14-11/h2-3,8H,4-7,9H2,1H3. The van der Waals surface area contributed by atoms with Crippen molar-refractivity contribution in [1.82, 2.24) is 25.0 Å². The van der Waals surface area contributed by atoms with Gasteiger partial charge in [0, 0.05) is 38.6 Å². The third kappa shape index (κ3) is 2.87. The van der Waals surface area contributed by atoms with Crippen LogP contribution in [0, 0.1) is 6.92 Å². The number of hydrogen-bond acceptors (Lipinski definition) is 7. The van der Waals surface area contributed by atoms with Gasteiger partial charge >= 0.3 is 0 Å². The van der Waals surface area contributed by atoms with Crippen molar-refractivity contribution in [2.75, 3.05) is 31.1 Å². The van der Waals surface area contributed by atoms with Crippen LogP contribution in [0.3, 0.4) is 0 Å². The fraction of sp³-hybridized carbons (Fsp3) is 0.500. The molecule has 0 saturated carbocycles. The molecule has 0 amide bonds. The third-order valence-corrected chi connectivity index (χ3v) is 3.17. The van der Waals surface area contributed by atoms with E-state index in [9.17, 15) is 0 Å². The average molecular weight is 260 g/mol. The Morgan fingerprint density at radius 2 is 2.05 bits per heavy atom. The summed E-state index contributed by atoms with van der Waals surface area (Å²) in [5, 5.41) is 3.80. The third-order valence-electron chi connectivity index (χ3n) is 3.17. The van der Waals surface area contributed by atoms with Gasteiger partial charge < -0.3 is 9.42 Å². The van der Waals surface area contributed by atoms with Gasteiger partial charge in [0.2, 0.25) is 5.89 Å². The molecule has 1 saturated heterocycles. The van der Waals surface area contributed by atoms with E-state index in [1.165, 1.54) is 0 Å². The normalized spacial score (nSPS) is 16.8. The fourth-order valence-electron chi connectivity index (χ4n) is 2.19. The van der Waals surface area contributed by atoms with Crippen LogP contribution < -0.4 is 4.90 Å². The molecule has 3 rings (SSSR count). The van der Waals surface area contributed by atoms with Crippen LogP contribution in [0.15, 0.2) is 23.1 Å². The first-order valence-electron chi connectivity index (χ1n) is 6.34. The maximum Gasteiger partial charge on any atom is 0.240 e. The second kappa shape index (κ2) is 5.31. The van der Waals surface area contributed by atoms with E-state index >= 15 is 0 Å². The molecule has 0 radical (unpaired) electrons. The van der Waals surface area contributed by atoms with Crippen molar-refractivity contribution in [2.45, 2.75) is 13.5 Å². The van der Waals surface area contributed by atoms with E-state index in [0.717, 1.165) is 38.5 Å². The summed E-state index contributed by atoms with van der Waals surface area (Å²) in [4.78, 5) is 17.2. The van der Waals surface area contributed by atoms with Crippen LogP contribution in [-0.2, 0) is 6.54 Å². The van der Waals surface area contributed by atoms with Crippen LogP contribution >= 0.6 is 0 Å². The molecule has 1 aliphatic heterocycles. The molecule has 19 heavy (non-hydrogen) atoms. The molecule has 7 nitrogen and oxygen atoms in total. The van der Waals surface area contributed by atoms with Gasteiger partial charge in [-0.05, 0) is 6.92 Å². The summed E-state index contributed by atoms with van der Waals surface area (Å²) in [5.41, 5.74) is 0. The number of rotatable bonds is 3. The number of piperazine rings is 1. The van der Waals surface area contributed by atoms with Gasteiger partial charge in [-0.25, -0.2) is 4.98 Å². The first-order valence-corrected chi connectivity index (χ1v) is 6.34. The SMILES string of the molecule is Cc1noc(CN2CCN(c3cnccn3)CC2)n1. The highest BCUT2D eigenvalue weighted by Crippen LogP contribution is 2.12. The maximum absolute atomic E-state index is 5.14. The smallest absolute Gasteiger partial charge is 0.240 e. The molecule has 0 spiro atoms. The van der Waals surface area contributed by atoms with E-state index in [1.807, 2.05) is 6.92 Å². The van der Waals surface area contributed by atoms with Crippen LogP contribution in [-0.4, -0.2) is 51.2 Å². The molecule has 1 aliphatic rings. The van der Waals surface area contributed by atoms with E-state index in [2.05, 4.69) is 29.9 Å². The minimum Gasteiger partial charge on any atom is -0.353 e. The van der Waals surface area contributed by atoms with Gasteiger partial charge in [-0.1, -0.05) is 5.16 Å². The van der Waals surface area contributed by atoms with Crippen molar-refractivity contribution in [3.05, 3.63) is 30.3 Å². The van der Waals surface area contributed by atoms with Crippen LogP contribution in [0.5, 0.6) is 0 Å². The van der Waals surface area contributed by atoms with E-state index < -0.39 is 0 Å². The summed E-state index contributed by atoms with van der Waals surface area (Å²) in [6.45, 7) is 6.34. The quantitative estimate of drug-likeness (QED) is 0.795. The Balaban J connectivity index is 1.55. The molecule has 2 aromatic heterocycles. The van der Waals surface area contributed by atoms with E-state index in [4.69, 9.17) is 4.52 Å². The molecule has 0 aliphatic carbocycles. The highest BCUT2D eigenvalue weighted by molar-refractivity contribution is 5.35. The summed E-state index contributed by atoms with van der Waals surface area (Å²) in [6.07, 6.45) is 5.22. The van der Waals surface area contributed by atoms with Crippen molar-refractivity contribution in [3.8, 4) is 0 Å². The Morgan fingerprint density at radius 1 is 1.21 bits per heavy atom. The Hall–Kier alpha value is -2.02. The van der Waals surface area contributed by atoms with E-state index in [-0.39, 0.29) is 0 Å². The molecular formula is C12H16N6O. The van der Waals surface area contributed by atoms with Crippen molar-refractivity contribution < 1.29 is 4.52 Å². The summed E-state index contributed by atoms with van der Waals surface area (Å²) in [7, 11) is 0. The fourth-order valence-corrected chi connectivity index (χ4v) is 2.19. The molecular weight excluding hydrogens is 244 g/mol. The van der Waals surface area contributed by atoms with Gasteiger partial charge in [-0.15, -0.1) is 0 Å². The zero-order chi connectivity index (χ0) is 13.1. The zero-order valence-corrected chi connectivity index (χ0v) is 10.9. The summed E-state index contributed by atoms with van der Waals surface area (Å²) in [6, 6.07) is 0. The molecule has 0 N–H and O–H groups in total. The van der Waals surface area contributed by atoms with Crippen LogP contribution in [0.2, 0.25) is 0 Å². The zero-order valence-electron chi connectivity index (χ0n) is 10.9. The molecule has 100 valence electrons. The average Bonchev–Trinajstić information content (AvgIpc) is 2.86. The van der Waals surface area contributed by atoms with Crippen molar-refractivity contribution >= 4 is 5.82 Å². The molecule has 7 heteroatoms. The van der Waals surface area contributed by atoms with Gasteiger partial charge in [0.1, 0.15) is 5.82 Å². The highest BCUT2D eigenvalue weighted by atomic mass is 16.5. The molecule has 2 aromatic rings. The lowest BCUT2D eigenvalue weighted by Gasteiger charge is -2.34. The molecule has 0 unspecified atom stereocenters. The lowest BCUT2D eigenvalue weighted by molar-refractivity contribution is 0.215. The Labute approximate surface area is 111 Å². The molecule has 1 fully saturated rings. The second-order valence-corrected chi connectivity index (χ2v) is 4.56. The van der Waals surface area contributed by atoms with Gasteiger partial charge in [0.15, 0.2) is 5.82 Å². The van der Waals surface area contributed by atoms with Crippen LogP contribution in [0.4, 0.5) is 5.82 Å². The number of nitrogens with zero attached hydrogens (tertiary/aromatic N) is 6. The summed E-state index contributed by atoms with van der Waals surface area (Å²) < 4.78 is 5.14. The Bertz CT molecular complexity index is 520. The largest absolute Gasteiger partial charge is 0.353 e. The van der Waals surface area contributed by atoms with E-state index in [1.54, 1.807) is 18.6 Å². The number of anilines is 1. The molecule has 0 atom stereocenters. The predicted octanol–water partition coefficient (Wildman–Crippen LogP) is 0.490. The Kier molecular flexibility index (Phi) is 3.37. The minimum absolute atomic E-state index is 0.686. The lowest BCUT2D eigenvalue weighted by Crippen LogP contribution is -2.46. The van der Waals surface area contributed by atoms with Crippen LogP contribution in [0.1, 0.15) is 11.7 Å².